The molecule has 1 fully saturated rings. The molecule has 112 valence electrons. The first-order chi connectivity index (χ1) is 8.90. The van der Waals surface area contributed by atoms with Crippen LogP contribution in [0.2, 0.25) is 0 Å². The van der Waals surface area contributed by atoms with Gasteiger partial charge >= 0.3 is 6.09 Å². The molecule has 19 heavy (non-hydrogen) atoms. The Bertz CT molecular complexity index is 271. The van der Waals surface area contributed by atoms with Gasteiger partial charge < -0.3 is 15.4 Å². The van der Waals surface area contributed by atoms with Gasteiger partial charge in [0.05, 0.1) is 0 Å². The predicted molar refractivity (Wildman–Crippen MR) is 81.8 cm³/mol. The van der Waals surface area contributed by atoms with E-state index >= 15 is 0 Å². The fourth-order valence-electron chi connectivity index (χ4n) is 2.26. The first kappa shape index (κ1) is 16.6. The van der Waals surface area contributed by atoms with Gasteiger partial charge in [0.15, 0.2) is 0 Å². The van der Waals surface area contributed by atoms with Crippen molar-refractivity contribution in [1.29, 1.82) is 0 Å². The maximum absolute atomic E-state index is 11.4. The highest BCUT2D eigenvalue weighted by Crippen LogP contribution is 2.26. The summed E-state index contributed by atoms with van der Waals surface area (Å²) in [6, 6.07) is 0.615. The normalized spacial score (nSPS) is 24.0. The molecule has 1 aliphatic rings. The Hall–Kier alpha value is -0.420. The van der Waals surface area contributed by atoms with E-state index < -0.39 is 5.60 Å². The fourth-order valence-corrected chi connectivity index (χ4v) is 3.00. The number of alkyl carbamates (subject to hydrolysis) is 1. The highest BCUT2D eigenvalue weighted by Gasteiger charge is 2.20. The average Bonchev–Trinajstić information content (AvgIpc) is 2.33. The van der Waals surface area contributed by atoms with E-state index in [4.69, 9.17) is 4.74 Å². The van der Waals surface area contributed by atoms with Crippen molar-refractivity contribution in [1.82, 2.24) is 10.6 Å². The van der Waals surface area contributed by atoms with Gasteiger partial charge in [-0.05, 0) is 52.7 Å². The second-order valence-corrected chi connectivity index (χ2v) is 7.23. The van der Waals surface area contributed by atoms with Crippen LogP contribution in [-0.4, -0.2) is 42.3 Å². The molecule has 0 heterocycles. The highest BCUT2D eigenvalue weighted by atomic mass is 32.2. The third-order valence-electron chi connectivity index (χ3n) is 3.23. The Morgan fingerprint density at radius 3 is 2.37 bits per heavy atom. The first-order valence-corrected chi connectivity index (χ1v) is 8.42. The summed E-state index contributed by atoms with van der Waals surface area (Å²) in [5, 5.41) is 7.12. The Kier molecular flexibility index (Phi) is 7.00. The summed E-state index contributed by atoms with van der Waals surface area (Å²) in [4.78, 5) is 11.4. The van der Waals surface area contributed by atoms with E-state index in [1.54, 1.807) is 0 Å². The van der Waals surface area contributed by atoms with Crippen molar-refractivity contribution in [3.63, 3.8) is 0 Å². The van der Waals surface area contributed by atoms with Crippen molar-refractivity contribution in [2.75, 3.05) is 19.3 Å². The molecule has 4 nitrogen and oxygen atoms in total. The van der Waals surface area contributed by atoms with Crippen molar-refractivity contribution in [2.45, 2.75) is 63.3 Å². The van der Waals surface area contributed by atoms with Gasteiger partial charge in [-0.3, -0.25) is 0 Å². The number of hydrogen-bond acceptors (Lipinski definition) is 4. The van der Waals surface area contributed by atoms with Crippen LogP contribution in [0.4, 0.5) is 4.79 Å². The minimum atomic E-state index is -0.423. The minimum absolute atomic E-state index is 0.333. The highest BCUT2D eigenvalue weighted by molar-refractivity contribution is 7.99. The average molecular weight is 288 g/mol. The second-order valence-electron chi connectivity index (χ2n) is 6.09. The van der Waals surface area contributed by atoms with Gasteiger partial charge in [-0.2, -0.15) is 11.8 Å². The summed E-state index contributed by atoms with van der Waals surface area (Å²) < 4.78 is 5.18. The summed E-state index contributed by atoms with van der Waals surface area (Å²) in [7, 11) is 0. The number of thioether (sulfide) groups is 1. The van der Waals surface area contributed by atoms with Crippen LogP contribution in [0.5, 0.6) is 0 Å². The van der Waals surface area contributed by atoms with Gasteiger partial charge in [-0.15, -0.1) is 0 Å². The number of rotatable bonds is 5. The maximum Gasteiger partial charge on any atom is 0.407 e. The number of amides is 1. The van der Waals surface area contributed by atoms with E-state index in [0.717, 1.165) is 11.8 Å². The van der Waals surface area contributed by atoms with Crippen LogP contribution in [0, 0.1) is 0 Å². The Morgan fingerprint density at radius 1 is 1.21 bits per heavy atom. The monoisotopic (exact) mass is 288 g/mol. The molecule has 0 aromatic carbocycles. The molecule has 0 bridgehead atoms. The largest absolute Gasteiger partial charge is 0.444 e. The molecule has 0 unspecified atom stereocenters. The summed E-state index contributed by atoms with van der Waals surface area (Å²) in [5.74, 6) is 0. The summed E-state index contributed by atoms with van der Waals surface area (Å²) in [5.41, 5.74) is -0.423. The number of hydrogen-bond donors (Lipinski definition) is 2. The minimum Gasteiger partial charge on any atom is -0.444 e. The number of carbonyl (C=O) groups is 1. The van der Waals surface area contributed by atoms with Crippen molar-refractivity contribution < 1.29 is 9.53 Å². The lowest BCUT2D eigenvalue weighted by atomic mass is 9.95. The van der Waals surface area contributed by atoms with Gasteiger partial charge in [-0.1, -0.05) is 0 Å². The number of nitrogens with one attached hydrogen (secondary N) is 2. The maximum atomic E-state index is 11.4. The van der Waals surface area contributed by atoms with E-state index in [-0.39, 0.29) is 6.09 Å². The lowest BCUT2D eigenvalue weighted by Crippen LogP contribution is -2.40. The van der Waals surface area contributed by atoms with E-state index in [1.165, 1.54) is 25.7 Å². The van der Waals surface area contributed by atoms with Gasteiger partial charge in [-0.25, -0.2) is 4.79 Å². The summed E-state index contributed by atoms with van der Waals surface area (Å²) in [6.45, 7) is 7.05. The predicted octanol–water partition coefficient (Wildman–Crippen LogP) is 2.77. The molecular weight excluding hydrogens is 260 g/mol. The van der Waals surface area contributed by atoms with Crippen LogP contribution in [-0.2, 0) is 4.74 Å². The van der Waals surface area contributed by atoms with E-state index in [1.807, 2.05) is 32.5 Å². The molecule has 1 aliphatic carbocycles. The lowest BCUT2D eigenvalue weighted by molar-refractivity contribution is 0.0528. The zero-order valence-electron chi connectivity index (χ0n) is 12.6. The molecule has 0 aromatic heterocycles. The molecule has 0 atom stereocenters. The standard InChI is InChI=1S/C14H28N2O2S/c1-14(2,3)18-13(17)16-10-9-15-11-5-7-12(19-4)8-6-11/h11-12,15H,5-10H2,1-4H3,(H,16,17). The lowest BCUT2D eigenvalue weighted by Gasteiger charge is -2.28. The molecule has 0 saturated heterocycles. The van der Waals surface area contributed by atoms with Crippen LogP contribution < -0.4 is 10.6 Å². The fraction of sp³-hybridized carbons (Fsp3) is 0.929. The van der Waals surface area contributed by atoms with Crippen LogP contribution in [0.3, 0.4) is 0 Å². The van der Waals surface area contributed by atoms with Crippen molar-refractivity contribution in [3.05, 3.63) is 0 Å². The Balaban J connectivity index is 2.04. The van der Waals surface area contributed by atoms with Crippen molar-refractivity contribution in [2.24, 2.45) is 0 Å². The molecule has 0 aromatic rings. The van der Waals surface area contributed by atoms with Crippen molar-refractivity contribution >= 4 is 17.9 Å². The third kappa shape index (κ3) is 7.67. The second kappa shape index (κ2) is 8.00. The van der Waals surface area contributed by atoms with E-state index in [2.05, 4.69) is 16.9 Å². The zero-order valence-corrected chi connectivity index (χ0v) is 13.4. The Morgan fingerprint density at radius 2 is 1.84 bits per heavy atom. The third-order valence-corrected chi connectivity index (χ3v) is 4.37. The number of ether oxygens (including phenoxy) is 1. The van der Waals surface area contributed by atoms with E-state index in [9.17, 15) is 4.79 Å². The SMILES string of the molecule is CSC1CCC(NCCNC(=O)OC(C)(C)C)CC1. The molecule has 2 N–H and O–H groups in total. The Labute approximate surface area is 121 Å². The molecule has 0 radical (unpaired) electrons. The molecule has 1 amide bonds. The topological polar surface area (TPSA) is 50.4 Å². The quantitative estimate of drug-likeness (QED) is 0.764. The van der Waals surface area contributed by atoms with Crippen molar-refractivity contribution in [3.8, 4) is 0 Å². The van der Waals surface area contributed by atoms with Crippen LogP contribution in [0.1, 0.15) is 46.5 Å². The molecule has 0 spiro atoms. The van der Waals surface area contributed by atoms with Crippen LogP contribution in [0.15, 0.2) is 0 Å². The summed E-state index contributed by atoms with van der Waals surface area (Å²) >= 11 is 1.98. The van der Waals surface area contributed by atoms with Crippen LogP contribution in [0.25, 0.3) is 0 Å². The first-order valence-electron chi connectivity index (χ1n) is 7.14. The summed E-state index contributed by atoms with van der Waals surface area (Å²) in [6.07, 6.45) is 6.97. The number of carbonyl (C=O) groups excluding carboxylic acids is 1. The van der Waals surface area contributed by atoms with Gasteiger partial charge in [0, 0.05) is 24.4 Å². The zero-order chi connectivity index (χ0) is 14.3. The van der Waals surface area contributed by atoms with Crippen LogP contribution >= 0.6 is 11.8 Å². The molecule has 5 heteroatoms. The molecule has 1 rings (SSSR count). The van der Waals surface area contributed by atoms with Gasteiger partial charge in [0.25, 0.3) is 0 Å². The molecule has 1 saturated carbocycles. The van der Waals surface area contributed by atoms with E-state index in [0.29, 0.717) is 12.6 Å². The van der Waals surface area contributed by atoms with Gasteiger partial charge in [0.1, 0.15) is 5.60 Å². The smallest absolute Gasteiger partial charge is 0.407 e. The molecular formula is C14H28N2O2S. The van der Waals surface area contributed by atoms with Gasteiger partial charge in [0.2, 0.25) is 0 Å². The molecule has 0 aliphatic heterocycles.